The van der Waals surface area contributed by atoms with Gasteiger partial charge in [-0.05, 0) is 12.2 Å². The highest BCUT2D eigenvalue weighted by Gasteiger charge is 2.75. The fourth-order valence-corrected chi connectivity index (χ4v) is 2.17. The Bertz CT molecular complexity index is 270. The summed E-state index contributed by atoms with van der Waals surface area (Å²) in [5.41, 5.74) is 0. The van der Waals surface area contributed by atoms with E-state index in [0.29, 0.717) is 0 Å². The maximum atomic E-state index is 12.4. The molecule has 0 aromatic rings. The Morgan fingerprint density at radius 1 is 1.12 bits per heavy atom. The summed E-state index contributed by atoms with van der Waals surface area (Å²) in [4.78, 5) is 6.33. The number of alkyl halides is 6. The molecule has 0 bridgehead atoms. The van der Waals surface area contributed by atoms with Crippen LogP contribution < -0.4 is 0 Å². The number of carbonyl (C=O) groups excluding carboxylic acids is 1. The SMILES string of the molecule is O=C1CCCSC(C(F)(F)F)(C(F)(F)F)O1. The summed E-state index contributed by atoms with van der Waals surface area (Å²) in [5, 5.41) is 0. The van der Waals surface area contributed by atoms with Crippen LogP contribution in [0, 0.1) is 0 Å². The Morgan fingerprint density at radius 3 is 2.06 bits per heavy atom. The van der Waals surface area contributed by atoms with Crippen LogP contribution in [0.25, 0.3) is 0 Å². The molecule has 0 aromatic heterocycles. The van der Waals surface area contributed by atoms with Gasteiger partial charge in [0.1, 0.15) is 0 Å². The zero-order valence-corrected chi connectivity index (χ0v) is 8.43. The van der Waals surface area contributed by atoms with E-state index >= 15 is 0 Å². The molecule has 0 unspecified atom stereocenters. The average Bonchev–Trinajstić information content (AvgIpc) is 2.24. The molecule has 0 spiro atoms. The number of hydrogen-bond acceptors (Lipinski definition) is 3. The van der Waals surface area contributed by atoms with Crippen molar-refractivity contribution >= 4 is 17.7 Å². The van der Waals surface area contributed by atoms with Crippen LogP contribution in [0.1, 0.15) is 12.8 Å². The molecule has 0 N–H and O–H groups in total. The minimum atomic E-state index is -5.68. The van der Waals surface area contributed by atoms with E-state index in [2.05, 4.69) is 4.74 Å². The molecule has 0 amide bonds. The first-order valence-electron chi connectivity index (χ1n) is 4.09. The lowest BCUT2D eigenvalue weighted by atomic mass is 10.3. The highest BCUT2D eigenvalue weighted by atomic mass is 32.2. The van der Waals surface area contributed by atoms with E-state index in [4.69, 9.17) is 0 Å². The van der Waals surface area contributed by atoms with Crippen LogP contribution in [0.4, 0.5) is 26.3 Å². The van der Waals surface area contributed by atoms with Crippen LogP contribution in [-0.2, 0) is 9.53 Å². The molecule has 2 nitrogen and oxygen atoms in total. The molecule has 0 aliphatic carbocycles. The lowest BCUT2D eigenvalue weighted by Crippen LogP contribution is -2.56. The molecule has 1 saturated heterocycles. The van der Waals surface area contributed by atoms with Crippen molar-refractivity contribution < 1.29 is 35.9 Å². The lowest BCUT2D eigenvalue weighted by molar-refractivity contribution is -0.330. The minimum absolute atomic E-state index is 0.0720. The highest BCUT2D eigenvalue weighted by molar-refractivity contribution is 8.00. The predicted octanol–water partition coefficient (Wildman–Crippen LogP) is 2.88. The van der Waals surface area contributed by atoms with Crippen LogP contribution in [0.5, 0.6) is 0 Å². The van der Waals surface area contributed by atoms with E-state index in [9.17, 15) is 31.1 Å². The van der Waals surface area contributed by atoms with E-state index in [0.717, 1.165) is 0 Å². The first-order valence-corrected chi connectivity index (χ1v) is 5.08. The van der Waals surface area contributed by atoms with Gasteiger partial charge in [0.05, 0.1) is 0 Å². The third-order valence-corrected chi connectivity index (χ3v) is 3.28. The zero-order chi connectivity index (χ0) is 12.6. The Hall–Kier alpha value is -0.600. The average molecular weight is 268 g/mol. The maximum absolute atomic E-state index is 12.4. The van der Waals surface area contributed by atoms with Gasteiger partial charge in [-0.15, -0.1) is 0 Å². The molecular formula is C7H6F6O2S. The van der Waals surface area contributed by atoms with Gasteiger partial charge in [0.15, 0.2) is 0 Å². The Labute approximate surface area is 90.3 Å². The van der Waals surface area contributed by atoms with E-state index < -0.39 is 47.2 Å². The summed E-state index contributed by atoms with van der Waals surface area (Å²) in [7, 11) is 0. The van der Waals surface area contributed by atoms with Crippen molar-refractivity contribution in [3.8, 4) is 0 Å². The second-order valence-corrected chi connectivity index (χ2v) is 4.31. The van der Waals surface area contributed by atoms with Gasteiger partial charge in [0, 0.05) is 6.42 Å². The van der Waals surface area contributed by atoms with E-state index in [-0.39, 0.29) is 6.42 Å². The second-order valence-electron chi connectivity index (χ2n) is 3.04. The number of ether oxygens (including phenoxy) is 1. The van der Waals surface area contributed by atoms with E-state index in [1.807, 2.05) is 0 Å². The largest absolute Gasteiger partial charge is 0.448 e. The normalized spacial score (nSPS) is 22.5. The fourth-order valence-electron chi connectivity index (χ4n) is 1.11. The monoisotopic (exact) mass is 268 g/mol. The Kier molecular flexibility index (Phi) is 3.37. The number of thioether (sulfide) groups is 1. The van der Waals surface area contributed by atoms with Crippen molar-refractivity contribution in [1.82, 2.24) is 0 Å². The summed E-state index contributed by atoms with van der Waals surface area (Å²) in [6.45, 7) is 0. The number of cyclic esters (lactones) is 1. The molecular weight excluding hydrogens is 262 g/mol. The van der Waals surface area contributed by atoms with Gasteiger partial charge in [-0.3, -0.25) is 4.79 Å². The molecule has 1 heterocycles. The number of hydrogen-bond donors (Lipinski definition) is 0. The van der Waals surface area contributed by atoms with Gasteiger partial charge >= 0.3 is 23.3 Å². The molecule has 1 aliphatic rings. The molecule has 94 valence electrons. The predicted molar refractivity (Wildman–Crippen MR) is 42.6 cm³/mol. The van der Waals surface area contributed by atoms with Crippen molar-refractivity contribution in [1.29, 1.82) is 0 Å². The molecule has 9 heteroatoms. The first kappa shape index (κ1) is 13.5. The summed E-state index contributed by atoms with van der Waals surface area (Å²) in [6, 6.07) is 0. The molecule has 1 rings (SSSR count). The fraction of sp³-hybridized carbons (Fsp3) is 0.857. The van der Waals surface area contributed by atoms with Crippen molar-refractivity contribution in [3.05, 3.63) is 0 Å². The van der Waals surface area contributed by atoms with Gasteiger partial charge in [-0.1, -0.05) is 11.8 Å². The summed E-state index contributed by atoms with van der Waals surface area (Å²) < 4.78 is 78.2. The minimum Gasteiger partial charge on any atom is -0.429 e. The van der Waals surface area contributed by atoms with Gasteiger partial charge in [0.25, 0.3) is 0 Å². The Balaban J connectivity index is 3.17. The first-order chi connectivity index (χ1) is 7.10. The quantitative estimate of drug-likeness (QED) is 0.499. The van der Waals surface area contributed by atoms with Crippen LogP contribution in [-0.4, -0.2) is 29.0 Å². The van der Waals surface area contributed by atoms with Crippen LogP contribution in [0.3, 0.4) is 0 Å². The lowest BCUT2D eigenvalue weighted by Gasteiger charge is -2.34. The molecule has 0 radical (unpaired) electrons. The topological polar surface area (TPSA) is 26.3 Å². The van der Waals surface area contributed by atoms with Crippen LogP contribution >= 0.6 is 11.8 Å². The smallest absolute Gasteiger partial charge is 0.429 e. The van der Waals surface area contributed by atoms with Crippen LogP contribution in [0.2, 0.25) is 0 Å². The third kappa shape index (κ3) is 2.23. The van der Waals surface area contributed by atoms with E-state index in [1.54, 1.807) is 0 Å². The van der Waals surface area contributed by atoms with Gasteiger partial charge in [-0.25, -0.2) is 0 Å². The highest BCUT2D eigenvalue weighted by Crippen LogP contribution is 2.54. The second kappa shape index (κ2) is 4.01. The van der Waals surface area contributed by atoms with Crippen molar-refractivity contribution in [2.45, 2.75) is 30.1 Å². The van der Waals surface area contributed by atoms with Crippen molar-refractivity contribution in [2.24, 2.45) is 0 Å². The molecule has 0 aromatic carbocycles. The molecule has 1 fully saturated rings. The maximum Gasteiger partial charge on any atom is 0.448 e. The van der Waals surface area contributed by atoms with Crippen LogP contribution in [0.15, 0.2) is 0 Å². The van der Waals surface area contributed by atoms with Crippen molar-refractivity contribution in [2.75, 3.05) is 5.75 Å². The summed E-state index contributed by atoms with van der Waals surface area (Å²) in [6.07, 6.45) is -11.9. The molecule has 16 heavy (non-hydrogen) atoms. The number of esters is 1. The third-order valence-electron chi connectivity index (χ3n) is 1.83. The Morgan fingerprint density at radius 2 is 1.62 bits per heavy atom. The number of halogens is 6. The van der Waals surface area contributed by atoms with Gasteiger partial charge in [0.2, 0.25) is 0 Å². The van der Waals surface area contributed by atoms with Gasteiger partial charge < -0.3 is 4.74 Å². The van der Waals surface area contributed by atoms with E-state index in [1.165, 1.54) is 0 Å². The van der Waals surface area contributed by atoms with Crippen molar-refractivity contribution in [3.63, 3.8) is 0 Å². The molecule has 0 atom stereocenters. The summed E-state index contributed by atoms with van der Waals surface area (Å²) in [5.74, 6) is -1.93. The summed E-state index contributed by atoms with van der Waals surface area (Å²) >= 11 is -0.444. The number of rotatable bonds is 0. The number of carbonyl (C=O) groups is 1. The van der Waals surface area contributed by atoms with Gasteiger partial charge in [-0.2, -0.15) is 26.3 Å². The standard InChI is InChI=1S/C7H6F6O2S/c8-6(9,10)5(7(11,12)13)15-4(14)2-1-3-16-5/h1-3H2. The molecule has 0 saturated carbocycles. The molecule has 1 aliphatic heterocycles. The zero-order valence-electron chi connectivity index (χ0n) is 7.61.